The molecule has 0 bridgehead atoms. The number of carboxylic acid groups (broad SMARTS) is 1. The van der Waals surface area contributed by atoms with E-state index in [0.717, 1.165) is 28.2 Å². The Balaban J connectivity index is 1.97. The average Bonchev–Trinajstić information content (AvgIpc) is 3.02. The van der Waals surface area contributed by atoms with E-state index < -0.39 is 33.6 Å². The van der Waals surface area contributed by atoms with E-state index in [1.54, 1.807) is 18.2 Å². The van der Waals surface area contributed by atoms with Crippen molar-refractivity contribution in [3.05, 3.63) is 57.6 Å². The number of thiazole rings is 1. The molecule has 1 aromatic heterocycles. The lowest BCUT2D eigenvalue weighted by atomic mass is 10.0. The molecule has 0 fully saturated rings. The number of carbonyl (C=O) groups excluding carboxylic acids is 1. The number of aromatic nitrogens is 1. The van der Waals surface area contributed by atoms with Gasteiger partial charge in [0, 0.05) is 6.07 Å². The zero-order valence-electron chi connectivity index (χ0n) is 14.0. The summed E-state index contributed by atoms with van der Waals surface area (Å²) in [5.41, 5.74) is -0.961. The van der Waals surface area contributed by atoms with Crippen LogP contribution in [0, 0.1) is 10.1 Å². The SMILES string of the molecule is CCOc1ccc2nc(NC(=O)c3c(C(=O)O)cccc3[N+](=O)[O-])sc2c1. The average molecular weight is 387 g/mol. The van der Waals surface area contributed by atoms with Gasteiger partial charge in [-0.1, -0.05) is 17.4 Å². The first kappa shape index (κ1) is 18.3. The number of carbonyl (C=O) groups is 2. The number of ether oxygens (including phenoxy) is 1. The summed E-state index contributed by atoms with van der Waals surface area (Å²) in [6.07, 6.45) is 0. The van der Waals surface area contributed by atoms with Crippen LogP contribution in [0.2, 0.25) is 0 Å². The molecule has 0 aliphatic heterocycles. The first-order valence-corrected chi connectivity index (χ1v) is 8.57. The maximum absolute atomic E-state index is 12.6. The van der Waals surface area contributed by atoms with Crippen LogP contribution in [0.1, 0.15) is 27.6 Å². The Morgan fingerprint density at radius 1 is 1.33 bits per heavy atom. The summed E-state index contributed by atoms with van der Waals surface area (Å²) >= 11 is 1.15. The lowest BCUT2D eigenvalue weighted by Gasteiger charge is -2.06. The molecule has 0 radical (unpaired) electrons. The number of fused-ring (bicyclic) bond motifs is 1. The van der Waals surface area contributed by atoms with Gasteiger partial charge in [-0.2, -0.15) is 0 Å². The Labute approximate surface area is 156 Å². The van der Waals surface area contributed by atoms with E-state index in [-0.39, 0.29) is 5.13 Å². The predicted molar refractivity (Wildman–Crippen MR) is 98.8 cm³/mol. The number of anilines is 1. The van der Waals surface area contributed by atoms with Crippen molar-refractivity contribution in [1.82, 2.24) is 4.98 Å². The van der Waals surface area contributed by atoms with E-state index in [9.17, 15) is 24.8 Å². The Hall–Kier alpha value is -3.53. The molecule has 27 heavy (non-hydrogen) atoms. The molecule has 3 rings (SSSR count). The van der Waals surface area contributed by atoms with Crippen LogP contribution in [0.5, 0.6) is 5.75 Å². The standard InChI is InChI=1S/C17H13N3O6S/c1-2-26-9-6-7-11-13(8-9)27-17(18-11)19-15(21)14-10(16(22)23)4-3-5-12(14)20(24)25/h3-8H,2H2,1H3,(H,22,23)(H,18,19,21). The van der Waals surface area contributed by atoms with Crippen molar-refractivity contribution in [3.63, 3.8) is 0 Å². The highest BCUT2D eigenvalue weighted by Crippen LogP contribution is 2.30. The van der Waals surface area contributed by atoms with Crippen LogP contribution in [-0.2, 0) is 0 Å². The van der Waals surface area contributed by atoms with Gasteiger partial charge in [-0.15, -0.1) is 0 Å². The Kier molecular flexibility index (Phi) is 4.99. The number of nitrogens with zero attached hydrogens (tertiary/aromatic N) is 2. The van der Waals surface area contributed by atoms with Gasteiger partial charge < -0.3 is 9.84 Å². The molecule has 3 aromatic rings. The van der Waals surface area contributed by atoms with Crippen LogP contribution in [0.3, 0.4) is 0 Å². The Bertz CT molecular complexity index is 1030. The van der Waals surface area contributed by atoms with Crippen LogP contribution in [-0.4, -0.2) is 33.5 Å². The van der Waals surface area contributed by atoms with E-state index >= 15 is 0 Å². The third-order valence-corrected chi connectivity index (χ3v) is 4.52. The van der Waals surface area contributed by atoms with Gasteiger partial charge in [-0.3, -0.25) is 20.2 Å². The number of nitrogens with one attached hydrogen (secondary N) is 1. The van der Waals surface area contributed by atoms with E-state index in [2.05, 4.69) is 10.3 Å². The molecule has 0 aliphatic carbocycles. The highest BCUT2D eigenvalue weighted by molar-refractivity contribution is 7.22. The molecule has 0 saturated heterocycles. The molecule has 1 heterocycles. The minimum atomic E-state index is -1.44. The summed E-state index contributed by atoms with van der Waals surface area (Å²) in [7, 11) is 0. The number of amides is 1. The molecule has 138 valence electrons. The second-order valence-corrected chi connectivity index (χ2v) is 6.33. The number of carboxylic acids is 1. The van der Waals surface area contributed by atoms with Gasteiger partial charge in [0.2, 0.25) is 0 Å². The molecule has 10 heteroatoms. The number of rotatable bonds is 6. The van der Waals surface area contributed by atoms with Gasteiger partial charge in [-0.05, 0) is 31.2 Å². The quantitative estimate of drug-likeness (QED) is 0.488. The van der Waals surface area contributed by atoms with Crippen molar-refractivity contribution >= 4 is 44.2 Å². The highest BCUT2D eigenvalue weighted by atomic mass is 32.1. The van der Waals surface area contributed by atoms with Crippen LogP contribution in [0.15, 0.2) is 36.4 Å². The van der Waals surface area contributed by atoms with Crippen molar-refractivity contribution in [1.29, 1.82) is 0 Å². The predicted octanol–water partition coefficient (Wildman–Crippen LogP) is 3.55. The minimum Gasteiger partial charge on any atom is -0.494 e. The summed E-state index contributed by atoms with van der Waals surface area (Å²) in [5.74, 6) is -1.70. The number of hydrogen-bond acceptors (Lipinski definition) is 7. The lowest BCUT2D eigenvalue weighted by molar-refractivity contribution is -0.385. The monoisotopic (exact) mass is 387 g/mol. The van der Waals surface area contributed by atoms with Gasteiger partial charge >= 0.3 is 5.97 Å². The zero-order valence-corrected chi connectivity index (χ0v) is 14.8. The number of benzene rings is 2. The van der Waals surface area contributed by atoms with Gasteiger partial charge in [-0.25, -0.2) is 9.78 Å². The van der Waals surface area contributed by atoms with Crippen molar-refractivity contribution in [2.45, 2.75) is 6.92 Å². The Morgan fingerprint density at radius 2 is 2.11 bits per heavy atom. The smallest absolute Gasteiger partial charge is 0.336 e. The minimum absolute atomic E-state index is 0.193. The van der Waals surface area contributed by atoms with Crippen LogP contribution in [0.25, 0.3) is 10.2 Å². The van der Waals surface area contributed by atoms with E-state index in [4.69, 9.17) is 4.74 Å². The molecule has 0 atom stereocenters. The molecule has 0 aliphatic rings. The first-order valence-electron chi connectivity index (χ1n) is 7.76. The molecule has 1 amide bonds. The lowest BCUT2D eigenvalue weighted by Crippen LogP contribution is -2.18. The summed E-state index contributed by atoms with van der Waals surface area (Å²) < 4.78 is 6.16. The highest BCUT2D eigenvalue weighted by Gasteiger charge is 2.27. The van der Waals surface area contributed by atoms with Crippen molar-refractivity contribution in [3.8, 4) is 5.75 Å². The molecule has 0 spiro atoms. The van der Waals surface area contributed by atoms with Crippen LogP contribution in [0.4, 0.5) is 10.8 Å². The van der Waals surface area contributed by atoms with Gasteiger partial charge in [0.1, 0.15) is 11.3 Å². The molecule has 2 N–H and O–H groups in total. The fraction of sp³-hybridized carbons (Fsp3) is 0.118. The number of nitro groups is 1. The molecular formula is C17H13N3O6S. The molecule has 9 nitrogen and oxygen atoms in total. The number of aromatic carboxylic acids is 1. The van der Waals surface area contributed by atoms with Crippen molar-refractivity contribution < 1.29 is 24.4 Å². The fourth-order valence-electron chi connectivity index (χ4n) is 2.48. The molecule has 0 saturated carbocycles. The third kappa shape index (κ3) is 3.70. The van der Waals surface area contributed by atoms with Crippen molar-refractivity contribution in [2.75, 3.05) is 11.9 Å². The maximum atomic E-state index is 12.6. The van der Waals surface area contributed by atoms with E-state index in [0.29, 0.717) is 17.9 Å². The first-order chi connectivity index (χ1) is 12.9. The van der Waals surface area contributed by atoms with Crippen LogP contribution < -0.4 is 10.1 Å². The fourth-order valence-corrected chi connectivity index (χ4v) is 3.37. The largest absolute Gasteiger partial charge is 0.494 e. The maximum Gasteiger partial charge on any atom is 0.336 e. The number of hydrogen-bond donors (Lipinski definition) is 2. The van der Waals surface area contributed by atoms with E-state index in [1.807, 2.05) is 6.92 Å². The third-order valence-electron chi connectivity index (χ3n) is 3.59. The zero-order chi connectivity index (χ0) is 19.6. The topological polar surface area (TPSA) is 132 Å². The second-order valence-electron chi connectivity index (χ2n) is 5.30. The summed E-state index contributed by atoms with van der Waals surface area (Å²) in [4.78, 5) is 38.6. The van der Waals surface area contributed by atoms with E-state index in [1.165, 1.54) is 6.07 Å². The molecular weight excluding hydrogens is 374 g/mol. The summed E-state index contributed by atoms with van der Waals surface area (Å²) in [6.45, 7) is 2.36. The Morgan fingerprint density at radius 3 is 2.78 bits per heavy atom. The van der Waals surface area contributed by atoms with Gasteiger partial charge in [0.15, 0.2) is 5.13 Å². The second kappa shape index (κ2) is 7.38. The summed E-state index contributed by atoms with van der Waals surface area (Å²) in [6, 6.07) is 8.65. The van der Waals surface area contributed by atoms with Crippen molar-refractivity contribution in [2.24, 2.45) is 0 Å². The number of nitro benzene ring substituents is 1. The van der Waals surface area contributed by atoms with Gasteiger partial charge in [0.25, 0.3) is 11.6 Å². The van der Waals surface area contributed by atoms with Crippen LogP contribution >= 0.6 is 11.3 Å². The molecule has 2 aromatic carbocycles. The summed E-state index contributed by atoms with van der Waals surface area (Å²) in [5, 5.41) is 23.1. The normalized spacial score (nSPS) is 10.6. The van der Waals surface area contributed by atoms with Gasteiger partial charge in [0.05, 0.1) is 27.3 Å². The molecule has 0 unspecified atom stereocenters.